The SMILES string of the molecule is CCOC(=O)CC(=O)C1(O/N=C(\Cl)c2ccccc2OC(F)(F)F)CC1. The van der Waals surface area contributed by atoms with Crippen LogP contribution in [0, 0.1) is 0 Å². The highest BCUT2D eigenvalue weighted by atomic mass is 35.5. The molecule has 1 aliphatic rings. The molecule has 0 heterocycles. The zero-order chi connectivity index (χ0) is 19.4. The molecule has 1 fully saturated rings. The van der Waals surface area contributed by atoms with Gasteiger partial charge in [-0.3, -0.25) is 9.59 Å². The molecule has 0 spiro atoms. The fraction of sp³-hybridized carbons (Fsp3) is 0.438. The summed E-state index contributed by atoms with van der Waals surface area (Å²) in [6, 6.07) is 5.10. The minimum absolute atomic E-state index is 0.139. The lowest BCUT2D eigenvalue weighted by Gasteiger charge is -2.14. The van der Waals surface area contributed by atoms with Crippen molar-refractivity contribution >= 4 is 28.5 Å². The first kappa shape index (κ1) is 20.0. The van der Waals surface area contributed by atoms with Crippen molar-refractivity contribution in [2.24, 2.45) is 5.16 Å². The lowest BCUT2D eigenvalue weighted by Crippen LogP contribution is -2.27. The van der Waals surface area contributed by atoms with E-state index in [1.54, 1.807) is 6.92 Å². The number of rotatable bonds is 8. The van der Waals surface area contributed by atoms with E-state index >= 15 is 0 Å². The molecule has 10 heteroatoms. The van der Waals surface area contributed by atoms with Crippen molar-refractivity contribution in [1.29, 1.82) is 0 Å². The number of halogens is 4. The van der Waals surface area contributed by atoms with Crippen molar-refractivity contribution in [3.63, 3.8) is 0 Å². The van der Waals surface area contributed by atoms with Crippen molar-refractivity contribution in [2.45, 2.75) is 38.1 Å². The van der Waals surface area contributed by atoms with Crippen LogP contribution in [-0.2, 0) is 19.2 Å². The average Bonchev–Trinajstić information content (AvgIpc) is 3.33. The second kappa shape index (κ2) is 7.94. The van der Waals surface area contributed by atoms with Gasteiger partial charge in [0, 0.05) is 12.8 Å². The van der Waals surface area contributed by atoms with Crippen LogP contribution in [0.5, 0.6) is 5.75 Å². The van der Waals surface area contributed by atoms with Crippen LogP contribution in [-0.4, -0.2) is 35.5 Å². The Kier molecular flexibility index (Phi) is 6.12. The molecule has 6 nitrogen and oxygen atoms in total. The molecular weight excluding hydrogens is 379 g/mol. The van der Waals surface area contributed by atoms with Crippen molar-refractivity contribution in [2.75, 3.05) is 6.61 Å². The Labute approximate surface area is 151 Å². The van der Waals surface area contributed by atoms with Gasteiger partial charge < -0.3 is 14.3 Å². The van der Waals surface area contributed by atoms with E-state index in [9.17, 15) is 22.8 Å². The highest BCUT2D eigenvalue weighted by Crippen LogP contribution is 2.42. The van der Waals surface area contributed by atoms with Crippen LogP contribution < -0.4 is 4.74 Å². The number of ketones is 1. The standard InChI is InChI=1S/C16H15ClF3NO5/c1-2-24-13(23)9-12(22)15(7-8-15)26-21-14(17)10-5-3-4-6-11(10)25-16(18,19)20/h3-6H,2,7-9H2,1H3/b21-14-. The molecule has 1 aromatic rings. The predicted molar refractivity (Wildman–Crippen MR) is 84.8 cm³/mol. The van der Waals surface area contributed by atoms with E-state index in [2.05, 4.69) is 9.89 Å². The maximum atomic E-state index is 12.4. The highest BCUT2D eigenvalue weighted by Gasteiger charge is 2.54. The summed E-state index contributed by atoms with van der Waals surface area (Å²) >= 11 is 5.91. The first-order chi connectivity index (χ1) is 12.2. The van der Waals surface area contributed by atoms with Crippen molar-refractivity contribution in [3.05, 3.63) is 29.8 Å². The number of esters is 1. The molecule has 0 unspecified atom stereocenters. The van der Waals surface area contributed by atoms with Gasteiger partial charge in [-0.1, -0.05) is 28.9 Å². The van der Waals surface area contributed by atoms with E-state index in [1.807, 2.05) is 0 Å². The van der Waals surface area contributed by atoms with Gasteiger partial charge in [0.05, 0.1) is 12.2 Å². The van der Waals surface area contributed by atoms with Crippen LogP contribution in [0.15, 0.2) is 29.4 Å². The number of alkyl halides is 3. The molecule has 0 aliphatic heterocycles. The Morgan fingerprint density at radius 1 is 1.27 bits per heavy atom. The second-order valence-corrected chi connectivity index (χ2v) is 5.77. The summed E-state index contributed by atoms with van der Waals surface area (Å²) in [7, 11) is 0. The highest BCUT2D eigenvalue weighted by molar-refractivity contribution is 6.69. The quantitative estimate of drug-likeness (QED) is 0.292. The fourth-order valence-electron chi connectivity index (χ4n) is 2.07. The van der Waals surface area contributed by atoms with E-state index in [0.717, 1.165) is 6.07 Å². The van der Waals surface area contributed by atoms with Gasteiger partial charge in [0.25, 0.3) is 0 Å². The van der Waals surface area contributed by atoms with E-state index in [0.29, 0.717) is 12.8 Å². The van der Waals surface area contributed by atoms with Crippen molar-refractivity contribution < 1.29 is 37.1 Å². The molecule has 0 saturated heterocycles. The Morgan fingerprint density at radius 2 is 1.92 bits per heavy atom. The second-order valence-electron chi connectivity index (χ2n) is 5.42. The molecule has 0 aromatic heterocycles. The Morgan fingerprint density at radius 3 is 2.50 bits per heavy atom. The molecule has 0 amide bonds. The summed E-state index contributed by atoms with van der Waals surface area (Å²) in [4.78, 5) is 28.6. The van der Waals surface area contributed by atoms with Gasteiger partial charge in [-0.2, -0.15) is 0 Å². The summed E-state index contributed by atoms with van der Waals surface area (Å²) in [5.41, 5.74) is -1.45. The number of carbonyl (C=O) groups is 2. The minimum atomic E-state index is -4.90. The lowest BCUT2D eigenvalue weighted by molar-refractivity contribution is -0.274. The molecule has 1 saturated carbocycles. The summed E-state index contributed by atoms with van der Waals surface area (Å²) in [6.07, 6.45) is -4.74. The Balaban J connectivity index is 2.09. The predicted octanol–water partition coefficient (Wildman–Crippen LogP) is 3.56. The fourth-order valence-corrected chi connectivity index (χ4v) is 2.26. The zero-order valence-corrected chi connectivity index (χ0v) is 14.4. The molecule has 2 rings (SSSR count). The number of benzene rings is 1. The molecule has 0 bridgehead atoms. The number of para-hydroxylation sites is 1. The monoisotopic (exact) mass is 393 g/mol. The summed E-state index contributed by atoms with van der Waals surface area (Å²) in [6.45, 7) is 1.75. The maximum Gasteiger partial charge on any atom is 0.573 e. The van der Waals surface area contributed by atoms with Crippen LogP contribution in [0.4, 0.5) is 13.2 Å². The van der Waals surface area contributed by atoms with Gasteiger partial charge in [0.15, 0.2) is 16.6 Å². The van der Waals surface area contributed by atoms with Gasteiger partial charge in [-0.05, 0) is 19.1 Å². The van der Waals surface area contributed by atoms with Crippen LogP contribution in [0.25, 0.3) is 0 Å². The van der Waals surface area contributed by atoms with E-state index < -0.39 is 41.1 Å². The van der Waals surface area contributed by atoms with E-state index in [-0.39, 0.29) is 12.2 Å². The molecular formula is C16H15ClF3NO5. The van der Waals surface area contributed by atoms with Crippen molar-refractivity contribution in [1.82, 2.24) is 0 Å². The van der Waals surface area contributed by atoms with Gasteiger partial charge >= 0.3 is 12.3 Å². The van der Waals surface area contributed by atoms with E-state index in [1.165, 1.54) is 18.2 Å². The summed E-state index contributed by atoms with van der Waals surface area (Å²) < 4.78 is 45.9. The third kappa shape index (κ3) is 5.35. The minimum Gasteiger partial charge on any atom is -0.466 e. The molecule has 0 N–H and O–H groups in total. The van der Waals surface area contributed by atoms with Crippen LogP contribution in [0.2, 0.25) is 0 Å². The smallest absolute Gasteiger partial charge is 0.466 e. The van der Waals surface area contributed by atoms with Gasteiger partial charge in [0.2, 0.25) is 0 Å². The third-order valence-corrected chi connectivity index (χ3v) is 3.73. The largest absolute Gasteiger partial charge is 0.573 e. The Hall–Kier alpha value is -2.29. The first-order valence-electron chi connectivity index (χ1n) is 7.62. The van der Waals surface area contributed by atoms with Gasteiger partial charge in [0.1, 0.15) is 12.2 Å². The van der Waals surface area contributed by atoms with Crippen LogP contribution >= 0.6 is 11.6 Å². The summed E-state index contributed by atoms with van der Waals surface area (Å²) in [5, 5.41) is 3.14. The third-order valence-electron chi connectivity index (χ3n) is 3.46. The van der Waals surface area contributed by atoms with Gasteiger partial charge in [-0.25, -0.2) is 0 Å². The first-order valence-corrected chi connectivity index (χ1v) is 8.00. The number of oxime groups is 1. The molecule has 1 aromatic carbocycles. The number of carbonyl (C=O) groups excluding carboxylic acids is 2. The average molecular weight is 394 g/mol. The number of Topliss-reactive ketones (excluding diaryl/α,β-unsaturated/α-hetero) is 1. The molecule has 0 radical (unpaired) electrons. The molecule has 142 valence electrons. The lowest BCUT2D eigenvalue weighted by atomic mass is 10.1. The van der Waals surface area contributed by atoms with Crippen LogP contribution in [0.1, 0.15) is 31.7 Å². The van der Waals surface area contributed by atoms with Gasteiger partial charge in [-0.15, -0.1) is 13.2 Å². The Bertz CT molecular complexity index is 716. The molecule has 26 heavy (non-hydrogen) atoms. The van der Waals surface area contributed by atoms with Crippen molar-refractivity contribution in [3.8, 4) is 5.75 Å². The topological polar surface area (TPSA) is 74.2 Å². The molecule has 0 atom stereocenters. The normalized spacial score (nSPS) is 16.0. The number of hydrogen-bond acceptors (Lipinski definition) is 6. The zero-order valence-electron chi connectivity index (χ0n) is 13.6. The maximum absolute atomic E-state index is 12.4. The van der Waals surface area contributed by atoms with Crippen LogP contribution in [0.3, 0.4) is 0 Å². The number of ether oxygens (including phenoxy) is 2. The number of hydrogen-bond donors (Lipinski definition) is 0. The number of nitrogens with zero attached hydrogens (tertiary/aromatic N) is 1. The van der Waals surface area contributed by atoms with E-state index in [4.69, 9.17) is 21.2 Å². The molecule has 1 aliphatic carbocycles. The summed E-state index contributed by atoms with van der Waals surface area (Å²) in [5.74, 6) is -1.77.